The van der Waals surface area contributed by atoms with E-state index in [2.05, 4.69) is 0 Å². The summed E-state index contributed by atoms with van der Waals surface area (Å²) < 4.78 is 24.5. The highest BCUT2D eigenvalue weighted by atomic mass is 35.5. The van der Waals surface area contributed by atoms with E-state index in [0.717, 1.165) is 5.56 Å². The largest absolute Gasteiger partial charge is 0.489 e. The zero-order chi connectivity index (χ0) is 18.8. The number of fused-ring (bicyclic) bond motifs is 1. The molecule has 5 heteroatoms. The topological polar surface area (TPSA) is 35.5 Å². The standard InChI is InChI=1S/C22H14ClFO3/c23-19-11-16(24)7-6-15(19)13-26-17-8-9-18-20(12-17)27-21(22(18)25)10-14-4-2-1-3-5-14/h1-12H,13H2. The minimum absolute atomic E-state index is 0.165. The second-order valence-corrected chi connectivity index (χ2v) is 6.44. The van der Waals surface area contributed by atoms with Gasteiger partial charge in [-0.1, -0.05) is 48.0 Å². The van der Waals surface area contributed by atoms with E-state index in [1.54, 1.807) is 30.3 Å². The van der Waals surface area contributed by atoms with Crippen LogP contribution in [0.1, 0.15) is 21.5 Å². The quantitative estimate of drug-likeness (QED) is 0.547. The van der Waals surface area contributed by atoms with Gasteiger partial charge >= 0.3 is 0 Å². The summed E-state index contributed by atoms with van der Waals surface area (Å²) >= 11 is 6.01. The summed E-state index contributed by atoms with van der Waals surface area (Å²) in [5.74, 6) is 0.690. The van der Waals surface area contributed by atoms with Gasteiger partial charge in [-0.3, -0.25) is 4.79 Å². The summed E-state index contributed by atoms with van der Waals surface area (Å²) in [7, 11) is 0. The molecular formula is C22H14ClFO3. The average Bonchev–Trinajstić information content (AvgIpc) is 2.97. The SMILES string of the molecule is O=C1C(=Cc2ccccc2)Oc2cc(OCc3ccc(F)cc3Cl)ccc21. The zero-order valence-electron chi connectivity index (χ0n) is 14.1. The Balaban J connectivity index is 1.51. The molecule has 0 bridgehead atoms. The molecule has 1 heterocycles. The van der Waals surface area contributed by atoms with Gasteiger partial charge in [0.2, 0.25) is 5.78 Å². The first-order valence-corrected chi connectivity index (χ1v) is 8.68. The maximum absolute atomic E-state index is 13.1. The highest BCUT2D eigenvalue weighted by Crippen LogP contribution is 2.35. The summed E-state index contributed by atoms with van der Waals surface area (Å²) in [6.45, 7) is 0.179. The Labute approximate surface area is 160 Å². The predicted molar refractivity (Wildman–Crippen MR) is 102 cm³/mol. The van der Waals surface area contributed by atoms with Gasteiger partial charge in [0.05, 0.1) is 10.6 Å². The maximum atomic E-state index is 13.1. The van der Waals surface area contributed by atoms with E-state index in [1.807, 2.05) is 30.3 Å². The summed E-state index contributed by atoms with van der Waals surface area (Å²) in [5.41, 5.74) is 2.04. The lowest BCUT2D eigenvalue weighted by molar-refractivity contribution is 0.101. The van der Waals surface area contributed by atoms with Crippen LogP contribution in [0.4, 0.5) is 4.39 Å². The van der Waals surface area contributed by atoms with Crippen molar-refractivity contribution in [2.45, 2.75) is 6.61 Å². The molecule has 134 valence electrons. The maximum Gasteiger partial charge on any atom is 0.231 e. The van der Waals surface area contributed by atoms with Gasteiger partial charge in [0, 0.05) is 11.6 Å². The number of hydrogen-bond donors (Lipinski definition) is 0. The number of halogens is 2. The van der Waals surface area contributed by atoms with Crippen molar-refractivity contribution in [3.63, 3.8) is 0 Å². The molecule has 1 aliphatic heterocycles. The van der Waals surface area contributed by atoms with E-state index in [0.29, 0.717) is 27.6 Å². The van der Waals surface area contributed by atoms with Crippen LogP contribution in [0.2, 0.25) is 5.02 Å². The summed E-state index contributed by atoms with van der Waals surface area (Å²) in [4.78, 5) is 12.5. The van der Waals surface area contributed by atoms with Crippen molar-refractivity contribution in [2.75, 3.05) is 0 Å². The molecule has 3 aromatic carbocycles. The first kappa shape index (κ1) is 17.3. The fourth-order valence-electron chi connectivity index (χ4n) is 2.76. The molecule has 0 spiro atoms. The number of Topliss-reactive ketones (excluding diaryl/α,β-unsaturated/α-hetero) is 1. The van der Waals surface area contributed by atoms with Crippen LogP contribution >= 0.6 is 11.6 Å². The molecule has 0 aliphatic carbocycles. The Morgan fingerprint density at radius 1 is 1.04 bits per heavy atom. The van der Waals surface area contributed by atoms with Crippen LogP contribution in [0.25, 0.3) is 6.08 Å². The first-order chi connectivity index (χ1) is 13.1. The molecule has 0 unspecified atom stereocenters. The third-order valence-electron chi connectivity index (χ3n) is 4.15. The fourth-order valence-corrected chi connectivity index (χ4v) is 2.98. The molecule has 1 aliphatic rings. The third kappa shape index (κ3) is 3.71. The van der Waals surface area contributed by atoms with E-state index in [4.69, 9.17) is 21.1 Å². The highest BCUT2D eigenvalue weighted by Gasteiger charge is 2.27. The molecule has 0 radical (unpaired) electrons. The van der Waals surface area contributed by atoms with Gasteiger partial charge in [0.25, 0.3) is 0 Å². The molecule has 0 amide bonds. The van der Waals surface area contributed by atoms with E-state index in [9.17, 15) is 9.18 Å². The van der Waals surface area contributed by atoms with Crippen LogP contribution in [0.5, 0.6) is 11.5 Å². The van der Waals surface area contributed by atoms with Gasteiger partial charge in [-0.25, -0.2) is 4.39 Å². The number of benzene rings is 3. The van der Waals surface area contributed by atoms with Gasteiger partial charge in [-0.2, -0.15) is 0 Å². The lowest BCUT2D eigenvalue weighted by Crippen LogP contribution is -1.98. The lowest BCUT2D eigenvalue weighted by Gasteiger charge is -2.08. The lowest BCUT2D eigenvalue weighted by atomic mass is 10.1. The normalized spacial score (nSPS) is 14.1. The van der Waals surface area contributed by atoms with Crippen LogP contribution in [0.15, 0.2) is 72.5 Å². The Bertz CT molecular complexity index is 1040. The molecule has 0 atom stereocenters. The third-order valence-corrected chi connectivity index (χ3v) is 4.50. The molecule has 0 N–H and O–H groups in total. The van der Waals surface area contributed by atoms with Crippen molar-refractivity contribution in [1.82, 2.24) is 0 Å². The van der Waals surface area contributed by atoms with E-state index in [-0.39, 0.29) is 18.1 Å². The zero-order valence-corrected chi connectivity index (χ0v) is 14.9. The van der Waals surface area contributed by atoms with Crippen molar-refractivity contribution < 1.29 is 18.7 Å². The molecule has 3 nitrogen and oxygen atoms in total. The van der Waals surface area contributed by atoms with Crippen molar-refractivity contribution in [2.24, 2.45) is 0 Å². The van der Waals surface area contributed by atoms with E-state index >= 15 is 0 Å². The van der Waals surface area contributed by atoms with Gasteiger partial charge in [-0.15, -0.1) is 0 Å². The summed E-state index contributed by atoms with van der Waals surface area (Å²) in [6, 6.07) is 18.7. The van der Waals surface area contributed by atoms with Crippen molar-refractivity contribution in [1.29, 1.82) is 0 Å². The second kappa shape index (κ2) is 7.25. The predicted octanol–water partition coefficient (Wildman–Crippen LogP) is 5.67. The highest BCUT2D eigenvalue weighted by molar-refractivity contribution is 6.31. The molecule has 4 rings (SSSR count). The number of carbonyl (C=O) groups is 1. The molecule has 0 saturated heterocycles. The van der Waals surface area contributed by atoms with Gasteiger partial charge in [0.1, 0.15) is 23.9 Å². The Hall–Kier alpha value is -3.11. The second-order valence-electron chi connectivity index (χ2n) is 6.03. The number of allylic oxidation sites excluding steroid dienone is 1. The van der Waals surface area contributed by atoms with Crippen molar-refractivity contribution in [3.05, 3.63) is 100 Å². The molecule has 0 saturated carbocycles. The Morgan fingerprint density at radius 2 is 1.85 bits per heavy atom. The van der Waals surface area contributed by atoms with Gasteiger partial charge in [-0.05, 0) is 35.9 Å². The summed E-state index contributed by atoms with van der Waals surface area (Å²) in [6.07, 6.45) is 1.71. The number of ketones is 1. The molecule has 0 aromatic heterocycles. The average molecular weight is 381 g/mol. The summed E-state index contributed by atoms with van der Waals surface area (Å²) in [5, 5.41) is 0.302. The fraction of sp³-hybridized carbons (Fsp3) is 0.0455. The monoisotopic (exact) mass is 380 g/mol. The van der Waals surface area contributed by atoms with Gasteiger partial charge in [0.15, 0.2) is 5.76 Å². The minimum Gasteiger partial charge on any atom is -0.489 e. The van der Waals surface area contributed by atoms with E-state index in [1.165, 1.54) is 12.1 Å². The van der Waals surface area contributed by atoms with Crippen molar-refractivity contribution in [3.8, 4) is 11.5 Å². The van der Waals surface area contributed by atoms with Crippen LogP contribution < -0.4 is 9.47 Å². The van der Waals surface area contributed by atoms with Crippen LogP contribution in [0, 0.1) is 5.82 Å². The van der Waals surface area contributed by atoms with E-state index < -0.39 is 5.82 Å². The first-order valence-electron chi connectivity index (χ1n) is 8.30. The minimum atomic E-state index is -0.397. The van der Waals surface area contributed by atoms with Crippen LogP contribution in [0.3, 0.4) is 0 Å². The molecule has 27 heavy (non-hydrogen) atoms. The number of rotatable bonds is 4. The van der Waals surface area contributed by atoms with Crippen LogP contribution in [-0.4, -0.2) is 5.78 Å². The number of ether oxygens (including phenoxy) is 2. The smallest absolute Gasteiger partial charge is 0.231 e. The number of hydrogen-bond acceptors (Lipinski definition) is 3. The molecule has 3 aromatic rings. The Kier molecular flexibility index (Phi) is 4.65. The Morgan fingerprint density at radius 3 is 2.63 bits per heavy atom. The van der Waals surface area contributed by atoms with Crippen molar-refractivity contribution >= 4 is 23.5 Å². The molecule has 0 fully saturated rings. The number of carbonyl (C=O) groups excluding carboxylic acids is 1. The van der Waals surface area contributed by atoms with Crippen LogP contribution in [-0.2, 0) is 6.61 Å². The van der Waals surface area contributed by atoms with Gasteiger partial charge < -0.3 is 9.47 Å². The molecular weight excluding hydrogens is 367 g/mol.